The molecule has 0 aliphatic rings. The van der Waals surface area contributed by atoms with Gasteiger partial charge >= 0.3 is 0 Å². The fourth-order valence-electron chi connectivity index (χ4n) is 2.20. The van der Waals surface area contributed by atoms with Gasteiger partial charge in [0, 0.05) is 5.56 Å². The molecule has 0 spiro atoms. The summed E-state index contributed by atoms with van der Waals surface area (Å²) in [6.07, 6.45) is 6.66. The van der Waals surface area contributed by atoms with Gasteiger partial charge in [-0.2, -0.15) is 0 Å². The van der Waals surface area contributed by atoms with E-state index in [1.165, 1.54) is 32.6 Å². The van der Waals surface area contributed by atoms with Crippen LogP contribution in [-0.4, -0.2) is 18.6 Å². The lowest BCUT2D eigenvalue weighted by molar-refractivity contribution is 0.101. The number of carbonyl (C=O) groups excluding carboxylic acids is 1. The highest BCUT2D eigenvalue weighted by Gasteiger charge is 2.07. The van der Waals surface area contributed by atoms with Crippen LogP contribution >= 0.6 is 0 Å². The van der Waals surface area contributed by atoms with Crippen molar-refractivity contribution in [3.63, 3.8) is 0 Å². The summed E-state index contributed by atoms with van der Waals surface area (Å²) >= 11 is 0. The standard InChI is InChI=1S/C18H27FO2/c1-3-4-5-6-7-8-9-17(19)14-21-18-12-10-16(11-13-18)15(2)20/h10-13,17H,3-9,14H2,1-2H3. The van der Waals surface area contributed by atoms with Crippen LogP contribution in [0.1, 0.15) is 69.2 Å². The molecule has 21 heavy (non-hydrogen) atoms. The number of unbranched alkanes of at least 4 members (excludes halogenated alkanes) is 5. The molecule has 118 valence electrons. The minimum absolute atomic E-state index is 0.0213. The van der Waals surface area contributed by atoms with Crippen molar-refractivity contribution >= 4 is 5.78 Å². The highest BCUT2D eigenvalue weighted by Crippen LogP contribution is 2.15. The fourth-order valence-corrected chi connectivity index (χ4v) is 2.20. The van der Waals surface area contributed by atoms with Crippen molar-refractivity contribution in [1.29, 1.82) is 0 Å². The normalized spacial score (nSPS) is 12.1. The largest absolute Gasteiger partial charge is 0.491 e. The number of Topliss-reactive ketones (excluding diaryl/α,β-unsaturated/α-hetero) is 1. The van der Waals surface area contributed by atoms with E-state index in [1.54, 1.807) is 24.3 Å². The van der Waals surface area contributed by atoms with Gasteiger partial charge in [-0.1, -0.05) is 45.4 Å². The Morgan fingerprint density at radius 2 is 1.71 bits per heavy atom. The summed E-state index contributed by atoms with van der Waals surface area (Å²) in [5.74, 6) is 0.638. The van der Waals surface area contributed by atoms with Gasteiger partial charge in [0.2, 0.25) is 0 Å². The van der Waals surface area contributed by atoms with Gasteiger partial charge in [0.15, 0.2) is 5.78 Å². The Morgan fingerprint density at radius 3 is 2.33 bits per heavy atom. The van der Waals surface area contributed by atoms with Gasteiger partial charge in [0.25, 0.3) is 0 Å². The highest BCUT2D eigenvalue weighted by atomic mass is 19.1. The highest BCUT2D eigenvalue weighted by molar-refractivity contribution is 5.94. The Bertz CT molecular complexity index is 400. The zero-order chi connectivity index (χ0) is 15.5. The van der Waals surface area contributed by atoms with Crippen molar-refractivity contribution in [3.05, 3.63) is 29.8 Å². The van der Waals surface area contributed by atoms with E-state index in [-0.39, 0.29) is 12.4 Å². The Kier molecular flexibility index (Phi) is 8.72. The number of ether oxygens (including phenoxy) is 1. The van der Waals surface area contributed by atoms with E-state index in [2.05, 4.69) is 6.92 Å². The smallest absolute Gasteiger partial charge is 0.159 e. The summed E-state index contributed by atoms with van der Waals surface area (Å²) in [5, 5.41) is 0. The predicted molar refractivity (Wildman–Crippen MR) is 84.8 cm³/mol. The SMILES string of the molecule is CCCCCCCCC(F)COc1ccc(C(C)=O)cc1. The van der Waals surface area contributed by atoms with E-state index in [0.29, 0.717) is 17.7 Å². The first-order valence-corrected chi connectivity index (χ1v) is 8.01. The van der Waals surface area contributed by atoms with E-state index in [0.717, 1.165) is 12.8 Å². The van der Waals surface area contributed by atoms with Gasteiger partial charge in [-0.25, -0.2) is 4.39 Å². The number of carbonyl (C=O) groups is 1. The molecule has 0 saturated heterocycles. The topological polar surface area (TPSA) is 26.3 Å². The molecule has 0 saturated carbocycles. The van der Waals surface area contributed by atoms with E-state index < -0.39 is 6.17 Å². The summed E-state index contributed by atoms with van der Waals surface area (Å²) in [6, 6.07) is 6.85. The van der Waals surface area contributed by atoms with Crippen LogP contribution in [0.3, 0.4) is 0 Å². The van der Waals surface area contributed by atoms with Gasteiger partial charge < -0.3 is 4.74 Å². The maximum Gasteiger partial charge on any atom is 0.159 e. The maximum absolute atomic E-state index is 13.7. The van der Waals surface area contributed by atoms with Crippen molar-refractivity contribution in [1.82, 2.24) is 0 Å². The molecule has 1 unspecified atom stereocenters. The molecule has 1 aromatic rings. The molecule has 1 atom stereocenters. The second-order valence-electron chi connectivity index (χ2n) is 5.55. The Morgan fingerprint density at radius 1 is 1.10 bits per heavy atom. The van der Waals surface area contributed by atoms with Crippen molar-refractivity contribution in [3.8, 4) is 5.75 Å². The van der Waals surface area contributed by atoms with E-state index in [9.17, 15) is 9.18 Å². The van der Waals surface area contributed by atoms with Gasteiger partial charge in [0.1, 0.15) is 18.5 Å². The predicted octanol–water partition coefficient (Wildman–Crippen LogP) is 5.36. The van der Waals surface area contributed by atoms with Crippen molar-refractivity contribution in [2.45, 2.75) is 65.0 Å². The third-order valence-corrected chi connectivity index (χ3v) is 3.56. The lowest BCUT2D eigenvalue weighted by Gasteiger charge is -2.10. The number of hydrogen-bond donors (Lipinski definition) is 0. The van der Waals surface area contributed by atoms with E-state index in [1.807, 2.05) is 0 Å². The summed E-state index contributed by atoms with van der Waals surface area (Å²) in [4.78, 5) is 11.1. The van der Waals surface area contributed by atoms with Crippen molar-refractivity contribution < 1.29 is 13.9 Å². The molecule has 3 heteroatoms. The summed E-state index contributed by atoms with van der Waals surface area (Å²) in [5.41, 5.74) is 0.645. The number of ketones is 1. The first kappa shape index (κ1) is 17.7. The van der Waals surface area contributed by atoms with Crippen LogP contribution < -0.4 is 4.74 Å². The second-order valence-corrected chi connectivity index (χ2v) is 5.55. The third kappa shape index (κ3) is 7.84. The molecule has 0 fully saturated rings. The van der Waals surface area contributed by atoms with Crippen LogP contribution in [0.15, 0.2) is 24.3 Å². The summed E-state index contributed by atoms with van der Waals surface area (Å²) in [7, 11) is 0. The molecule has 0 bridgehead atoms. The average molecular weight is 294 g/mol. The third-order valence-electron chi connectivity index (χ3n) is 3.56. The fraction of sp³-hybridized carbons (Fsp3) is 0.611. The molecule has 2 nitrogen and oxygen atoms in total. The van der Waals surface area contributed by atoms with Crippen LogP contribution in [-0.2, 0) is 0 Å². The minimum Gasteiger partial charge on any atom is -0.491 e. The molecule has 1 aromatic carbocycles. The van der Waals surface area contributed by atoms with Gasteiger partial charge in [-0.15, -0.1) is 0 Å². The Labute approximate surface area is 127 Å². The van der Waals surface area contributed by atoms with Crippen molar-refractivity contribution in [2.24, 2.45) is 0 Å². The first-order chi connectivity index (χ1) is 10.1. The van der Waals surface area contributed by atoms with Gasteiger partial charge in [-0.05, 0) is 37.6 Å². The second kappa shape index (κ2) is 10.4. The summed E-state index contributed by atoms with van der Waals surface area (Å²) < 4.78 is 19.1. The van der Waals surface area contributed by atoms with E-state index >= 15 is 0 Å². The summed E-state index contributed by atoms with van der Waals surface area (Å²) in [6.45, 7) is 3.81. The lowest BCUT2D eigenvalue weighted by Crippen LogP contribution is -2.12. The monoisotopic (exact) mass is 294 g/mol. The maximum atomic E-state index is 13.7. The van der Waals surface area contributed by atoms with Crippen LogP contribution in [0.4, 0.5) is 4.39 Å². The molecule has 0 radical (unpaired) electrons. The van der Waals surface area contributed by atoms with Crippen LogP contribution in [0.5, 0.6) is 5.75 Å². The minimum atomic E-state index is -0.913. The average Bonchev–Trinajstić information content (AvgIpc) is 2.49. The molecular weight excluding hydrogens is 267 g/mol. The van der Waals surface area contributed by atoms with Crippen LogP contribution in [0.25, 0.3) is 0 Å². The zero-order valence-corrected chi connectivity index (χ0v) is 13.2. The molecule has 0 heterocycles. The first-order valence-electron chi connectivity index (χ1n) is 8.01. The van der Waals surface area contributed by atoms with Crippen molar-refractivity contribution in [2.75, 3.05) is 6.61 Å². The number of halogens is 1. The number of rotatable bonds is 11. The quantitative estimate of drug-likeness (QED) is 0.406. The molecular formula is C18H27FO2. The molecule has 0 aromatic heterocycles. The van der Waals surface area contributed by atoms with Gasteiger partial charge in [0.05, 0.1) is 0 Å². The zero-order valence-electron chi connectivity index (χ0n) is 13.2. The van der Waals surface area contributed by atoms with Crippen LogP contribution in [0.2, 0.25) is 0 Å². The molecule has 0 amide bonds. The van der Waals surface area contributed by atoms with E-state index in [4.69, 9.17) is 4.74 Å². The van der Waals surface area contributed by atoms with Crippen LogP contribution in [0, 0.1) is 0 Å². The van der Waals surface area contributed by atoms with Gasteiger partial charge in [-0.3, -0.25) is 4.79 Å². The number of alkyl halides is 1. The Balaban J connectivity index is 2.14. The lowest BCUT2D eigenvalue weighted by atomic mass is 10.1. The number of benzene rings is 1. The molecule has 0 aliphatic heterocycles. The molecule has 1 rings (SSSR count). The molecule has 0 N–H and O–H groups in total. The Hall–Kier alpha value is -1.38. The molecule has 0 aliphatic carbocycles. The number of hydrogen-bond acceptors (Lipinski definition) is 2.